The number of carbonyl (C=O) groups excluding carboxylic acids is 2. The van der Waals surface area contributed by atoms with Gasteiger partial charge in [-0.15, -0.1) is 0 Å². The standard InChI is InChI=1S/C16H27NO4.C16H29NO2.C11H19N3O/c1-9(2)6-12-7-13(16(19)20)8-14(21-10(3)4)15(12)17-11(5)18;1-10(2)7-14-8-12(5)9-15(19-11(3)4)16(14)17-13(6)18;1-7(2)4-9-5-8(3)6-10(11(9)15)13-14-12/h8-10,12,14-15H,6-7H2,1-5H3,(H,17,18)(H,19,20);9-11,14-16H,7-8H2,1-6H3,(H,17,18);6-7,9-11,15H,4-5H2,1-3H3/t12-,14+,15+;14-,15+,16+;9-,10-,11-/m000/s1. The Balaban J connectivity index is 0.000000418. The van der Waals surface area contributed by atoms with Gasteiger partial charge in [-0.05, 0) is 127 Å². The average molecular weight is 774 g/mol. The van der Waals surface area contributed by atoms with Crippen LogP contribution in [0.2, 0.25) is 0 Å². The first-order valence-corrected chi connectivity index (χ1v) is 20.4. The molecule has 0 aliphatic heterocycles. The molecule has 0 radical (unpaired) electrons. The third kappa shape index (κ3) is 19.0. The number of aliphatic hydroxyl groups excluding tert-OH is 1. The van der Waals surface area contributed by atoms with Crippen molar-refractivity contribution in [2.45, 2.75) is 184 Å². The fraction of sp³-hybridized carbons (Fsp3) is 0.791. The summed E-state index contributed by atoms with van der Waals surface area (Å²) in [5.74, 6) is 1.41. The number of azide groups is 1. The first kappa shape index (κ1) is 49.8. The lowest BCUT2D eigenvalue weighted by atomic mass is 9.78. The highest BCUT2D eigenvalue weighted by Crippen LogP contribution is 2.34. The summed E-state index contributed by atoms with van der Waals surface area (Å²) in [6.45, 7) is 28.1. The molecule has 3 rings (SSSR count). The molecule has 0 aromatic heterocycles. The van der Waals surface area contributed by atoms with E-state index in [2.05, 4.69) is 75.2 Å². The van der Waals surface area contributed by atoms with Gasteiger partial charge >= 0.3 is 5.97 Å². The minimum atomic E-state index is -0.901. The van der Waals surface area contributed by atoms with Crippen LogP contribution in [-0.4, -0.2) is 76.6 Å². The Kier molecular flexibility index (Phi) is 22.2. The largest absolute Gasteiger partial charge is 0.478 e. The van der Waals surface area contributed by atoms with E-state index in [-0.39, 0.29) is 60.1 Å². The quantitative estimate of drug-likeness (QED) is 0.0589. The van der Waals surface area contributed by atoms with Gasteiger partial charge in [0.15, 0.2) is 0 Å². The molecular formula is C43H75N5O7. The van der Waals surface area contributed by atoms with Crippen molar-refractivity contribution in [2.24, 2.45) is 40.6 Å². The normalized spacial score (nSPS) is 27.9. The maximum Gasteiger partial charge on any atom is 0.331 e. The van der Waals surface area contributed by atoms with Gasteiger partial charge in [-0.3, -0.25) is 9.59 Å². The highest BCUT2D eigenvalue weighted by atomic mass is 16.5. The summed E-state index contributed by atoms with van der Waals surface area (Å²) < 4.78 is 11.8. The second kappa shape index (κ2) is 24.5. The molecule has 0 saturated carbocycles. The number of amides is 2. The molecule has 3 aliphatic carbocycles. The van der Waals surface area contributed by atoms with Crippen LogP contribution < -0.4 is 10.6 Å². The molecule has 0 bridgehead atoms. The first-order chi connectivity index (χ1) is 25.5. The van der Waals surface area contributed by atoms with E-state index in [1.165, 1.54) is 18.1 Å². The Labute approximate surface area is 332 Å². The summed E-state index contributed by atoms with van der Waals surface area (Å²) in [6, 6.07) is -0.450. The monoisotopic (exact) mass is 774 g/mol. The van der Waals surface area contributed by atoms with Gasteiger partial charge in [-0.2, -0.15) is 0 Å². The summed E-state index contributed by atoms with van der Waals surface area (Å²) in [5, 5.41) is 29.0. The molecule has 55 heavy (non-hydrogen) atoms. The number of aliphatic hydroxyl groups is 1. The van der Waals surface area contributed by atoms with E-state index in [0.717, 1.165) is 32.1 Å². The van der Waals surface area contributed by atoms with Crippen molar-refractivity contribution >= 4 is 17.8 Å². The van der Waals surface area contributed by atoms with Crippen LogP contribution in [0.25, 0.3) is 10.4 Å². The van der Waals surface area contributed by atoms with Crippen LogP contribution in [-0.2, 0) is 23.9 Å². The molecule has 0 saturated heterocycles. The van der Waals surface area contributed by atoms with Crippen LogP contribution >= 0.6 is 0 Å². The molecule has 3 aliphatic rings. The van der Waals surface area contributed by atoms with Gasteiger partial charge in [0.1, 0.15) is 0 Å². The summed E-state index contributed by atoms with van der Waals surface area (Å²) in [7, 11) is 0. The fourth-order valence-corrected chi connectivity index (χ4v) is 8.14. The third-order valence-corrected chi connectivity index (χ3v) is 9.86. The van der Waals surface area contributed by atoms with Gasteiger partial charge in [-0.25, -0.2) is 4.79 Å². The van der Waals surface area contributed by atoms with Crippen LogP contribution in [0, 0.1) is 35.5 Å². The molecule has 12 nitrogen and oxygen atoms in total. The van der Waals surface area contributed by atoms with Crippen molar-refractivity contribution < 1.29 is 34.1 Å². The average Bonchev–Trinajstić information content (AvgIpc) is 3.01. The highest BCUT2D eigenvalue weighted by molar-refractivity contribution is 5.87. The maximum absolute atomic E-state index is 11.5. The van der Waals surface area contributed by atoms with E-state index in [1.54, 1.807) is 13.0 Å². The summed E-state index contributed by atoms with van der Waals surface area (Å²) in [4.78, 5) is 37.1. The van der Waals surface area contributed by atoms with E-state index in [9.17, 15) is 24.6 Å². The molecule has 0 aromatic carbocycles. The molecule has 0 spiro atoms. The number of carboxylic acids is 1. The number of rotatable bonds is 14. The summed E-state index contributed by atoms with van der Waals surface area (Å²) >= 11 is 0. The lowest BCUT2D eigenvalue weighted by Crippen LogP contribution is -2.51. The van der Waals surface area contributed by atoms with E-state index >= 15 is 0 Å². The van der Waals surface area contributed by atoms with Crippen molar-refractivity contribution in [3.05, 3.63) is 45.4 Å². The first-order valence-electron chi connectivity index (χ1n) is 20.4. The molecular weight excluding hydrogens is 699 g/mol. The van der Waals surface area contributed by atoms with Gasteiger partial charge in [0.2, 0.25) is 11.8 Å². The number of carbonyl (C=O) groups is 3. The number of hydrogen-bond donors (Lipinski definition) is 4. The lowest BCUT2D eigenvalue weighted by molar-refractivity contribution is -0.133. The van der Waals surface area contributed by atoms with E-state index in [4.69, 9.17) is 15.0 Å². The maximum atomic E-state index is 11.5. The molecule has 0 aromatic rings. The number of nitrogens with zero attached hydrogens (tertiary/aromatic N) is 3. The Morgan fingerprint density at radius 1 is 0.727 bits per heavy atom. The van der Waals surface area contributed by atoms with E-state index in [1.807, 2.05) is 40.7 Å². The number of ether oxygens (including phenoxy) is 2. The Morgan fingerprint density at radius 3 is 1.53 bits per heavy atom. The zero-order valence-electron chi connectivity index (χ0n) is 36.3. The number of allylic oxidation sites excluding steroid dienone is 2. The van der Waals surface area contributed by atoms with Crippen LogP contribution in [0.15, 0.2) is 40.1 Å². The molecule has 2 amide bonds. The predicted octanol–water partition coefficient (Wildman–Crippen LogP) is 8.70. The van der Waals surface area contributed by atoms with Crippen LogP contribution in [0.3, 0.4) is 0 Å². The van der Waals surface area contributed by atoms with E-state index in [0.29, 0.717) is 35.7 Å². The van der Waals surface area contributed by atoms with Crippen molar-refractivity contribution in [2.75, 3.05) is 0 Å². The number of carboxylic acid groups (broad SMARTS) is 1. The molecule has 314 valence electrons. The zero-order valence-corrected chi connectivity index (χ0v) is 36.3. The van der Waals surface area contributed by atoms with Gasteiger partial charge in [-0.1, -0.05) is 70.0 Å². The van der Waals surface area contributed by atoms with E-state index < -0.39 is 18.2 Å². The molecule has 0 heterocycles. The molecule has 0 unspecified atom stereocenters. The van der Waals surface area contributed by atoms with Crippen molar-refractivity contribution in [1.29, 1.82) is 0 Å². The Hall–Kier alpha value is -3.18. The van der Waals surface area contributed by atoms with Crippen LogP contribution in [0.5, 0.6) is 0 Å². The third-order valence-electron chi connectivity index (χ3n) is 9.86. The molecule has 4 N–H and O–H groups in total. The smallest absolute Gasteiger partial charge is 0.331 e. The van der Waals surface area contributed by atoms with Crippen molar-refractivity contribution in [1.82, 2.24) is 10.6 Å². The Bertz CT molecular complexity index is 1360. The van der Waals surface area contributed by atoms with Gasteiger partial charge in [0.25, 0.3) is 0 Å². The highest BCUT2D eigenvalue weighted by Gasteiger charge is 2.37. The predicted molar refractivity (Wildman–Crippen MR) is 220 cm³/mol. The second-order valence-electron chi connectivity index (χ2n) is 17.7. The topological polar surface area (TPSA) is 183 Å². The zero-order chi connectivity index (χ0) is 42.2. The number of hydrogen-bond acceptors (Lipinski definition) is 7. The summed E-state index contributed by atoms with van der Waals surface area (Å²) in [6.07, 6.45) is 10.3. The second-order valence-corrected chi connectivity index (χ2v) is 17.7. The number of nitrogens with one attached hydrogen (secondary N) is 2. The van der Waals surface area contributed by atoms with Gasteiger partial charge in [0, 0.05) is 24.3 Å². The van der Waals surface area contributed by atoms with Crippen LogP contribution in [0.4, 0.5) is 0 Å². The molecule has 0 fully saturated rings. The minimum absolute atomic E-state index is 0.00130. The van der Waals surface area contributed by atoms with Crippen molar-refractivity contribution in [3.63, 3.8) is 0 Å². The Morgan fingerprint density at radius 2 is 1.13 bits per heavy atom. The fourth-order valence-electron chi connectivity index (χ4n) is 8.14. The minimum Gasteiger partial charge on any atom is -0.478 e. The van der Waals surface area contributed by atoms with Gasteiger partial charge < -0.3 is 30.3 Å². The molecule has 9 atom stereocenters. The van der Waals surface area contributed by atoms with Crippen LogP contribution in [0.1, 0.15) is 135 Å². The molecule has 12 heteroatoms. The lowest BCUT2D eigenvalue weighted by Gasteiger charge is -2.38. The number of aliphatic carboxylic acids is 1. The SMILES string of the molecule is CC(=O)N[C@@H]1[C@@H](CC(C)C)CC(C(=O)O)=C[C@H]1OC(C)C.CC(=O)N[C@@H]1[C@@H](CC(C)C)CC(C)=C[C@H]1OC(C)C.CC1=C[C@H](N=[N+]=[N-])[C@@H](O)[C@@H](CC(C)C)C1. The summed E-state index contributed by atoms with van der Waals surface area (Å²) in [5.41, 5.74) is 11.4. The van der Waals surface area contributed by atoms with Crippen molar-refractivity contribution in [3.8, 4) is 0 Å². The van der Waals surface area contributed by atoms with Gasteiger partial charge in [0.05, 0.1) is 48.6 Å².